The van der Waals surface area contributed by atoms with Gasteiger partial charge in [0.25, 0.3) is 5.69 Å². The molecule has 0 aliphatic carbocycles. The Kier molecular flexibility index (Phi) is 4.77. The second-order valence-corrected chi connectivity index (χ2v) is 6.04. The third-order valence-corrected chi connectivity index (χ3v) is 4.22. The average Bonchev–Trinajstić information content (AvgIpc) is 2.39. The van der Waals surface area contributed by atoms with Crippen molar-refractivity contribution in [2.24, 2.45) is 0 Å². The third kappa shape index (κ3) is 3.37. The summed E-state index contributed by atoms with van der Waals surface area (Å²) in [5, 5.41) is 14.2. The van der Waals surface area contributed by atoms with Gasteiger partial charge in [-0.25, -0.2) is 0 Å². The Bertz CT molecular complexity index is 639. The molecule has 2 rings (SSSR count). The van der Waals surface area contributed by atoms with E-state index in [1.165, 1.54) is 0 Å². The summed E-state index contributed by atoms with van der Waals surface area (Å²) in [6, 6.07) is 11.1. The summed E-state index contributed by atoms with van der Waals surface area (Å²) >= 11 is 6.94. The predicted molar refractivity (Wildman–Crippen MR) is 87.0 cm³/mol. The molecule has 0 saturated carbocycles. The lowest BCUT2D eigenvalue weighted by molar-refractivity contribution is -0.385. The van der Waals surface area contributed by atoms with Gasteiger partial charge in [-0.2, -0.15) is 0 Å². The minimum Gasteiger partial charge on any atom is -0.379 e. The van der Waals surface area contributed by atoms with Gasteiger partial charge in [0.15, 0.2) is 0 Å². The SMILES string of the molecule is Cc1ccc(CNc2c(Br)cccc2Br)cc1[N+](=O)[O-]. The highest BCUT2D eigenvalue weighted by Gasteiger charge is 2.11. The van der Waals surface area contributed by atoms with Gasteiger partial charge in [-0.3, -0.25) is 10.1 Å². The zero-order chi connectivity index (χ0) is 14.7. The number of halogens is 2. The van der Waals surface area contributed by atoms with Crippen molar-refractivity contribution in [2.45, 2.75) is 13.5 Å². The lowest BCUT2D eigenvalue weighted by atomic mass is 10.1. The molecule has 0 atom stereocenters. The summed E-state index contributed by atoms with van der Waals surface area (Å²) in [6.07, 6.45) is 0. The molecule has 1 N–H and O–H groups in total. The summed E-state index contributed by atoms with van der Waals surface area (Å²) < 4.78 is 1.88. The number of benzene rings is 2. The first-order valence-corrected chi connectivity index (χ1v) is 7.49. The predicted octanol–water partition coefficient (Wildman–Crippen LogP) is 5.04. The van der Waals surface area contributed by atoms with Gasteiger partial charge < -0.3 is 5.32 Å². The van der Waals surface area contributed by atoms with Crippen LogP contribution in [0.5, 0.6) is 0 Å². The van der Waals surface area contributed by atoms with Gasteiger partial charge in [-0.05, 0) is 56.5 Å². The van der Waals surface area contributed by atoms with Crippen LogP contribution < -0.4 is 5.32 Å². The van der Waals surface area contributed by atoms with Gasteiger partial charge >= 0.3 is 0 Å². The van der Waals surface area contributed by atoms with Crippen LogP contribution in [0.15, 0.2) is 45.3 Å². The first kappa shape index (κ1) is 15.0. The van der Waals surface area contributed by atoms with Crippen molar-refractivity contribution in [1.29, 1.82) is 0 Å². The molecule has 2 aromatic rings. The molecule has 104 valence electrons. The molecule has 4 nitrogen and oxygen atoms in total. The number of nitrogens with one attached hydrogen (secondary N) is 1. The van der Waals surface area contributed by atoms with E-state index in [1.807, 2.05) is 24.3 Å². The van der Waals surface area contributed by atoms with Crippen LogP contribution in [0.3, 0.4) is 0 Å². The normalized spacial score (nSPS) is 10.3. The van der Waals surface area contributed by atoms with Crippen molar-refractivity contribution in [2.75, 3.05) is 5.32 Å². The van der Waals surface area contributed by atoms with Gasteiger partial charge in [0.05, 0.1) is 10.6 Å². The van der Waals surface area contributed by atoms with Crippen LogP contribution in [0.25, 0.3) is 0 Å². The first-order chi connectivity index (χ1) is 9.49. The van der Waals surface area contributed by atoms with E-state index in [2.05, 4.69) is 37.2 Å². The van der Waals surface area contributed by atoms with Crippen LogP contribution in [-0.4, -0.2) is 4.92 Å². The number of nitrogens with zero attached hydrogens (tertiary/aromatic N) is 1. The molecule has 20 heavy (non-hydrogen) atoms. The standard InChI is InChI=1S/C14H12Br2N2O2/c1-9-5-6-10(7-13(9)18(19)20)8-17-14-11(15)3-2-4-12(14)16/h2-7,17H,8H2,1H3. The minimum absolute atomic E-state index is 0.149. The zero-order valence-electron chi connectivity index (χ0n) is 10.7. The van der Waals surface area contributed by atoms with Gasteiger partial charge in [-0.15, -0.1) is 0 Å². The molecule has 0 radical (unpaired) electrons. The van der Waals surface area contributed by atoms with E-state index < -0.39 is 0 Å². The summed E-state index contributed by atoms with van der Waals surface area (Å²) in [4.78, 5) is 10.6. The van der Waals surface area contributed by atoms with E-state index >= 15 is 0 Å². The monoisotopic (exact) mass is 398 g/mol. The van der Waals surface area contributed by atoms with Crippen molar-refractivity contribution in [3.8, 4) is 0 Å². The van der Waals surface area contributed by atoms with Crippen LogP contribution in [0.1, 0.15) is 11.1 Å². The van der Waals surface area contributed by atoms with E-state index in [0.717, 1.165) is 20.2 Å². The van der Waals surface area contributed by atoms with Crippen molar-refractivity contribution in [3.05, 3.63) is 66.6 Å². The Hall–Kier alpha value is -1.40. The van der Waals surface area contributed by atoms with E-state index in [4.69, 9.17) is 0 Å². The topological polar surface area (TPSA) is 55.2 Å². The van der Waals surface area contributed by atoms with Crippen LogP contribution in [-0.2, 0) is 6.54 Å². The Labute approximate surface area is 133 Å². The maximum absolute atomic E-state index is 10.9. The van der Waals surface area contributed by atoms with E-state index in [-0.39, 0.29) is 10.6 Å². The molecule has 0 fully saturated rings. The summed E-state index contributed by atoms with van der Waals surface area (Å²) in [5.41, 5.74) is 2.61. The highest BCUT2D eigenvalue weighted by molar-refractivity contribution is 9.11. The smallest absolute Gasteiger partial charge is 0.272 e. The number of anilines is 1. The number of para-hydroxylation sites is 1. The number of rotatable bonds is 4. The third-order valence-electron chi connectivity index (χ3n) is 2.90. The van der Waals surface area contributed by atoms with Gasteiger partial charge in [0.2, 0.25) is 0 Å². The number of hydrogen-bond donors (Lipinski definition) is 1. The van der Waals surface area contributed by atoms with Crippen LogP contribution >= 0.6 is 31.9 Å². The Morgan fingerprint density at radius 3 is 2.45 bits per heavy atom. The Morgan fingerprint density at radius 2 is 1.85 bits per heavy atom. The van der Waals surface area contributed by atoms with Crippen LogP contribution in [0.2, 0.25) is 0 Å². The molecular weight excluding hydrogens is 388 g/mol. The van der Waals surface area contributed by atoms with Crippen molar-refractivity contribution in [1.82, 2.24) is 0 Å². The van der Waals surface area contributed by atoms with E-state index in [1.54, 1.807) is 19.1 Å². The fraction of sp³-hybridized carbons (Fsp3) is 0.143. The number of aryl methyl sites for hydroxylation is 1. The first-order valence-electron chi connectivity index (χ1n) is 5.91. The van der Waals surface area contributed by atoms with Crippen LogP contribution in [0.4, 0.5) is 11.4 Å². The molecule has 2 aromatic carbocycles. The van der Waals surface area contributed by atoms with Crippen molar-refractivity contribution in [3.63, 3.8) is 0 Å². The molecule has 0 heterocycles. The largest absolute Gasteiger partial charge is 0.379 e. The van der Waals surface area contributed by atoms with E-state index in [9.17, 15) is 10.1 Å². The number of nitro benzene ring substituents is 1. The number of nitro groups is 1. The second-order valence-electron chi connectivity index (χ2n) is 4.33. The molecule has 0 aromatic heterocycles. The molecule has 0 bridgehead atoms. The molecule has 0 saturated heterocycles. The molecule has 0 aliphatic heterocycles. The Balaban J connectivity index is 2.19. The summed E-state index contributed by atoms with van der Waals surface area (Å²) in [7, 11) is 0. The fourth-order valence-corrected chi connectivity index (χ4v) is 3.10. The molecular formula is C14H12Br2N2O2. The summed E-state index contributed by atoms with van der Waals surface area (Å²) in [5.74, 6) is 0. The molecule has 0 aliphatic rings. The minimum atomic E-state index is -0.354. The number of hydrogen-bond acceptors (Lipinski definition) is 3. The fourth-order valence-electron chi connectivity index (χ4n) is 1.82. The highest BCUT2D eigenvalue weighted by Crippen LogP contribution is 2.31. The molecule has 0 unspecified atom stereocenters. The van der Waals surface area contributed by atoms with Gasteiger partial charge in [-0.1, -0.05) is 18.2 Å². The van der Waals surface area contributed by atoms with Gasteiger partial charge in [0, 0.05) is 27.1 Å². The molecule has 6 heteroatoms. The summed E-state index contributed by atoms with van der Waals surface area (Å²) in [6.45, 7) is 2.25. The molecule has 0 amide bonds. The van der Waals surface area contributed by atoms with E-state index in [0.29, 0.717) is 12.1 Å². The highest BCUT2D eigenvalue weighted by atomic mass is 79.9. The molecule has 0 spiro atoms. The lowest BCUT2D eigenvalue weighted by Crippen LogP contribution is -2.02. The second kappa shape index (κ2) is 6.37. The quantitative estimate of drug-likeness (QED) is 0.578. The van der Waals surface area contributed by atoms with Gasteiger partial charge in [0.1, 0.15) is 0 Å². The Morgan fingerprint density at radius 1 is 1.20 bits per heavy atom. The van der Waals surface area contributed by atoms with Crippen molar-refractivity contribution >= 4 is 43.2 Å². The average molecular weight is 400 g/mol. The maximum Gasteiger partial charge on any atom is 0.272 e. The lowest BCUT2D eigenvalue weighted by Gasteiger charge is -2.11. The zero-order valence-corrected chi connectivity index (χ0v) is 13.9. The van der Waals surface area contributed by atoms with Crippen LogP contribution in [0, 0.1) is 17.0 Å². The maximum atomic E-state index is 10.9. The van der Waals surface area contributed by atoms with Crippen molar-refractivity contribution < 1.29 is 4.92 Å².